The second-order valence-electron chi connectivity index (χ2n) is 7.66. The van der Waals surface area contributed by atoms with Gasteiger partial charge in [-0.05, 0) is 48.2 Å². The topological polar surface area (TPSA) is 61.6 Å². The summed E-state index contributed by atoms with van der Waals surface area (Å²) >= 11 is 12.3. The average molecular weight is 537 g/mol. The van der Waals surface area contributed by atoms with Crippen LogP contribution < -0.4 is 9.47 Å². The van der Waals surface area contributed by atoms with Crippen LogP contribution in [-0.4, -0.2) is 24.3 Å². The zero-order chi connectivity index (χ0) is 27.7. The van der Waals surface area contributed by atoms with Crippen molar-refractivity contribution in [2.45, 2.75) is 60.0 Å². The predicted octanol–water partition coefficient (Wildman–Crippen LogP) is 8.36. The van der Waals surface area contributed by atoms with Gasteiger partial charge in [0.2, 0.25) is 5.89 Å². The van der Waals surface area contributed by atoms with E-state index in [1.807, 2.05) is 45.8 Å². The molecule has 3 aromatic rings. The van der Waals surface area contributed by atoms with Crippen LogP contribution in [0.5, 0.6) is 11.5 Å². The summed E-state index contributed by atoms with van der Waals surface area (Å²) < 4.78 is 16.9. The van der Waals surface area contributed by atoms with Crippen LogP contribution in [0.15, 0.2) is 60.2 Å². The Labute approximate surface area is 226 Å². The quantitative estimate of drug-likeness (QED) is 0.203. The summed E-state index contributed by atoms with van der Waals surface area (Å²) in [6.45, 7) is 21.1. The Bertz CT molecular complexity index is 1010. The van der Waals surface area contributed by atoms with Gasteiger partial charge < -0.3 is 18.7 Å². The van der Waals surface area contributed by atoms with E-state index in [-0.39, 0.29) is 5.41 Å². The summed E-state index contributed by atoms with van der Waals surface area (Å²) in [6.07, 6.45) is 2.44. The summed E-state index contributed by atoms with van der Waals surface area (Å²) in [7, 11) is 0. The highest BCUT2D eigenvalue weighted by atomic mass is 35.5. The number of aromatic nitrogens is 1. The molecule has 0 fully saturated rings. The summed E-state index contributed by atoms with van der Waals surface area (Å²) in [5.74, 6) is 2.49. The van der Waals surface area contributed by atoms with Gasteiger partial charge in [-0.1, -0.05) is 64.4 Å². The first-order chi connectivity index (χ1) is 17.3. The molecule has 198 valence electrons. The SMILES string of the molecule is C=C.C=O.CC.CCc1cc(C(C)(C)c2ccc(OCc3nc(C)co3)cc2)cc(Cl)c1OCCCl. The van der Waals surface area contributed by atoms with E-state index in [0.29, 0.717) is 30.0 Å². The van der Waals surface area contributed by atoms with Crippen molar-refractivity contribution in [2.75, 3.05) is 12.5 Å². The molecule has 0 amide bonds. The largest absolute Gasteiger partial charge is 0.490 e. The minimum absolute atomic E-state index is 0.239. The van der Waals surface area contributed by atoms with Crippen molar-refractivity contribution in [1.82, 2.24) is 4.98 Å². The lowest BCUT2D eigenvalue weighted by Crippen LogP contribution is -2.19. The van der Waals surface area contributed by atoms with Crippen LogP contribution in [0.4, 0.5) is 0 Å². The van der Waals surface area contributed by atoms with Crippen molar-refractivity contribution in [3.8, 4) is 11.5 Å². The van der Waals surface area contributed by atoms with Crippen LogP contribution in [0, 0.1) is 6.92 Å². The van der Waals surface area contributed by atoms with Gasteiger partial charge in [0.05, 0.1) is 16.6 Å². The Hall–Kier alpha value is -2.76. The highest BCUT2D eigenvalue weighted by Crippen LogP contribution is 2.39. The molecule has 5 nitrogen and oxygen atoms in total. The molecule has 0 aliphatic rings. The van der Waals surface area contributed by atoms with Crippen molar-refractivity contribution in [3.05, 3.63) is 89.1 Å². The average Bonchev–Trinajstić information content (AvgIpc) is 3.35. The van der Waals surface area contributed by atoms with Gasteiger partial charge >= 0.3 is 0 Å². The highest BCUT2D eigenvalue weighted by molar-refractivity contribution is 6.32. The first kappa shape index (κ1) is 33.2. The molecule has 3 rings (SSSR count). The number of hydrogen-bond donors (Lipinski definition) is 0. The van der Waals surface area contributed by atoms with Crippen LogP contribution in [-0.2, 0) is 23.2 Å². The number of benzene rings is 2. The molecule has 0 radical (unpaired) electrons. The Morgan fingerprint density at radius 2 is 1.64 bits per heavy atom. The Kier molecular flexibility index (Phi) is 16.3. The standard InChI is InChI=1S/C24H27Cl2NO3.C2H6.C2H4.CH2O/c1-5-17-12-19(13-21(26)23(17)28-11-10-25)24(3,4)18-6-8-20(9-7-18)29-15-22-27-16(2)14-30-22;3*1-2/h6-9,12-14H,5,10-11,15H2,1-4H3;1-2H3;1-2H2;1H2. The predicted molar refractivity (Wildman–Crippen MR) is 151 cm³/mol. The van der Waals surface area contributed by atoms with Gasteiger partial charge in [0.15, 0.2) is 6.61 Å². The number of carbonyl (C=O) groups is 1. The van der Waals surface area contributed by atoms with Crippen LogP contribution in [0.2, 0.25) is 5.02 Å². The van der Waals surface area contributed by atoms with Crippen molar-refractivity contribution < 1.29 is 18.7 Å². The maximum atomic E-state index is 8.00. The van der Waals surface area contributed by atoms with Crippen molar-refractivity contribution >= 4 is 30.0 Å². The third-order valence-corrected chi connectivity index (χ3v) is 5.59. The van der Waals surface area contributed by atoms with Crippen LogP contribution in [0.1, 0.15) is 62.9 Å². The zero-order valence-corrected chi connectivity index (χ0v) is 23.8. The van der Waals surface area contributed by atoms with Gasteiger partial charge in [-0.25, -0.2) is 4.98 Å². The number of carbonyl (C=O) groups excluding carboxylic acids is 1. The molecular formula is C29H39Cl2NO4. The number of rotatable bonds is 9. The number of alkyl halides is 1. The first-order valence-corrected chi connectivity index (χ1v) is 12.7. The molecule has 0 spiro atoms. The molecule has 0 N–H and O–H groups in total. The van der Waals surface area contributed by atoms with Crippen LogP contribution >= 0.6 is 23.2 Å². The third kappa shape index (κ3) is 9.36. The molecule has 2 aromatic carbocycles. The van der Waals surface area contributed by atoms with Gasteiger partial charge in [0, 0.05) is 5.41 Å². The fourth-order valence-electron chi connectivity index (χ4n) is 3.32. The van der Waals surface area contributed by atoms with Crippen molar-refractivity contribution in [2.24, 2.45) is 0 Å². The number of hydrogen-bond acceptors (Lipinski definition) is 5. The number of ether oxygens (including phenoxy) is 2. The summed E-state index contributed by atoms with van der Waals surface area (Å²) in [4.78, 5) is 12.3. The molecule has 0 bridgehead atoms. The van der Waals surface area contributed by atoms with E-state index >= 15 is 0 Å². The fourth-order valence-corrected chi connectivity index (χ4v) is 3.70. The second-order valence-corrected chi connectivity index (χ2v) is 8.44. The van der Waals surface area contributed by atoms with E-state index in [9.17, 15) is 0 Å². The Morgan fingerprint density at radius 3 is 2.14 bits per heavy atom. The molecular weight excluding hydrogens is 497 g/mol. The molecule has 0 unspecified atom stereocenters. The van der Waals surface area contributed by atoms with Crippen LogP contribution in [0.25, 0.3) is 0 Å². The van der Waals surface area contributed by atoms with E-state index < -0.39 is 0 Å². The minimum atomic E-state index is -0.239. The lowest BCUT2D eigenvalue weighted by molar-refractivity contribution is -0.0980. The van der Waals surface area contributed by atoms with E-state index in [2.05, 4.69) is 57.1 Å². The lowest BCUT2D eigenvalue weighted by atomic mass is 9.77. The van der Waals surface area contributed by atoms with Gasteiger partial charge in [0.25, 0.3) is 0 Å². The maximum Gasteiger partial charge on any atom is 0.232 e. The van der Waals surface area contributed by atoms with E-state index in [1.165, 1.54) is 0 Å². The minimum Gasteiger partial charge on any atom is -0.490 e. The molecule has 7 heteroatoms. The van der Waals surface area contributed by atoms with E-state index in [4.69, 9.17) is 41.9 Å². The monoisotopic (exact) mass is 535 g/mol. The molecule has 0 aliphatic heterocycles. The van der Waals surface area contributed by atoms with Gasteiger partial charge in [-0.2, -0.15) is 0 Å². The Morgan fingerprint density at radius 1 is 1.03 bits per heavy atom. The first-order valence-electron chi connectivity index (χ1n) is 11.8. The lowest BCUT2D eigenvalue weighted by Gasteiger charge is -2.28. The van der Waals surface area contributed by atoms with Gasteiger partial charge in [-0.3, -0.25) is 0 Å². The molecule has 36 heavy (non-hydrogen) atoms. The number of nitrogens with zero attached hydrogens (tertiary/aromatic N) is 1. The molecule has 0 saturated heterocycles. The van der Waals surface area contributed by atoms with Gasteiger partial charge in [0.1, 0.15) is 31.2 Å². The third-order valence-electron chi connectivity index (χ3n) is 5.15. The van der Waals surface area contributed by atoms with E-state index in [1.54, 1.807) is 6.26 Å². The summed E-state index contributed by atoms with van der Waals surface area (Å²) in [6, 6.07) is 12.2. The number of oxazole rings is 1. The highest BCUT2D eigenvalue weighted by Gasteiger charge is 2.25. The fraction of sp³-hybridized carbons (Fsp3) is 0.379. The smallest absolute Gasteiger partial charge is 0.232 e. The number of halogens is 2. The molecule has 1 aromatic heterocycles. The van der Waals surface area contributed by atoms with Crippen LogP contribution in [0.3, 0.4) is 0 Å². The normalized spacial score (nSPS) is 10.0. The maximum absolute atomic E-state index is 8.00. The van der Waals surface area contributed by atoms with Crippen molar-refractivity contribution in [1.29, 1.82) is 0 Å². The molecule has 1 heterocycles. The number of aryl methyl sites for hydroxylation is 2. The summed E-state index contributed by atoms with van der Waals surface area (Å²) in [5.41, 5.74) is 3.98. The molecule has 0 aliphatic carbocycles. The zero-order valence-electron chi connectivity index (χ0n) is 22.3. The van der Waals surface area contributed by atoms with Crippen molar-refractivity contribution in [3.63, 3.8) is 0 Å². The van der Waals surface area contributed by atoms with Gasteiger partial charge in [-0.15, -0.1) is 24.8 Å². The van der Waals surface area contributed by atoms with E-state index in [0.717, 1.165) is 40.3 Å². The molecule has 0 saturated carbocycles. The molecule has 0 atom stereocenters. The Balaban J connectivity index is 0.00000190. The summed E-state index contributed by atoms with van der Waals surface area (Å²) in [5, 5.41) is 0.615. The second kappa shape index (κ2) is 17.6.